The van der Waals surface area contributed by atoms with Crippen LogP contribution >= 0.6 is 7.82 Å². The second-order valence-corrected chi connectivity index (χ2v) is 1.34. The molecule has 0 unspecified atom stereocenters. The molecule has 0 aromatic carbocycles. The van der Waals surface area contributed by atoms with Crippen molar-refractivity contribution in [3.8, 4) is 0 Å². The molecule has 0 aromatic heterocycles. The first-order valence-corrected chi connectivity index (χ1v) is 2.19. The fraction of sp³-hybridized carbons (Fsp3) is 0. The van der Waals surface area contributed by atoms with Gasteiger partial charge in [0.05, 0.1) is 0 Å². The summed E-state index contributed by atoms with van der Waals surface area (Å²) in [6.07, 6.45) is 0. The van der Waals surface area contributed by atoms with E-state index in [0.29, 0.717) is 0 Å². The van der Waals surface area contributed by atoms with Crippen LogP contribution in [-0.2, 0) is 21.6 Å². The Kier molecular flexibility index (Phi) is 22.2. The minimum atomic E-state index is -5.39. The molecule has 0 spiro atoms. The van der Waals surface area contributed by atoms with Gasteiger partial charge in [-0.25, -0.2) is 0 Å². The smallest absolute Gasteiger partial charge is 0.822 e. The van der Waals surface area contributed by atoms with Crippen LogP contribution in [0.25, 0.3) is 0 Å². The fourth-order valence-electron chi connectivity index (χ4n) is 0. The van der Waals surface area contributed by atoms with E-state index in [1.807, 2.05) is 0 Å². The van der Waals surface area contributed by atoms with Crippen LogP contribution in [0.5, 0.6) is 0 Å². The van der Waals surface area contributed by atoms with Crippen molar-refractivity contribution in [3.05, 3.63) is 0 Å². The molecule has 0 heterocycles. The molecule has 0 bridgehead atoms. The van der Waals surface area contributed by atoms with E-state index < -0.39 is 7.82 Å². The number of hydrogen-bond donors (Lipinski definition) is 0. The van der Waals surface area contributed by atoms with Gasteiger partial charge >= 0.3 is 17.1 Å². The Morgan fingerprint density at radius 1 is 1.00 bits per heavy atom. The quantitative estimate of drug-likeness (QED) is 0.282. The second kappa shape index (κ2) is 7.55. The van der Waals surface area contributed by atoms with Crippen molar-refractivity contribution in [1.82, 2.24) is 0 Å². The van der Waals surface area contributed by atoms with Crippen molar-refractivity contribution in [1.29, 1.82) is 0 Å². The summed E-state index contributed by atoms with van der Waals surface area (Å²) in [5, 5.41) is 0. The van der Waals surface area contributed by atoms with Gasteiger partial charge in [-0.05, 0) is 0 Å². The molecule has 8 heteroatoms. The molecule has 56 valence electrons. The Morgan fingerprint density at radius 2 is 1.00 bits per heavy atom. The van der Waals surface area contributed by atoms with Gasteiger partial charge in [0.2, 0.25) is 0 Å². The molecule has 6 nitrogen and oxygen atoms in total. The van der Waals surface area contributed by atoms with Crippen LogP contribution < -0.4 is 14.7 Å². The Bertz CT molecular complexity index is 54.7. The summed E-state index contributed by atoms with van der Waals surface area (Å²) in [7, 11) is -5.39. The van der Waals surface area contributed by atoms with Crippen LogP contribution in [0, 0.1) is 0 Å². The molecule has 0 saturated carbocycles. The standard InChI is InChI=1S/Cu.H3O4P.2H2O/c;1-5(2,3)4;;/h;(H3,1,2,3,4);2*1H2/q+3;;;/p-3. The van der Waals surface area contributed by atoms with Crippen LogP contribution in [0.15, 0.2) is 0 Å². The van der Waals surface area contributed by atoms with Crippen LogP contribution in [-0.4, -0.2) is 11.0 Å². The average Bonchev–Trinajstić information content (AvgIpc) is 0.722. The van der Waals surface area contributed by atoms with Crippen LogP contribution in [0.3, 0.4) is 0 Å². The van der Waals surface area contributed by atoms with Gasteiger partial charge in [0.25, 0.3) is 0 Å². The third-order valence-corrected chi connectivity index (χ3v) is 0. The zero-order valence-electron chi connectivity index (χ0n) is 3.38. The third kappa shape index (κ3) is 668. The minimum Gasteiger partial charge on any atom is -0.822 e. The fourth-order valence-corrected chi connectivity index (χ4v) is 0. The van der Waals surface area contributed by atoms with Crippen molar-refractivity contribution in [2.75, 3.05) is 0 Å². The monoisotopic (exact) mass is 194 g/mol. The van der Waals surface area contributed by atoms with E-state index in [1.165, 1.54) is 0 Å². The second-order valence-electron chi connectivity index (χ2n) is 0.447. The number of rotatable bonds is 0. The summed E-state index contributed by atoms with van der Waals surface area (Å²) in [6.45, 7) is 0. The van der Waals surface area contributed by atoms with Crippen LogP contribution in [0.2, 0.25) is 0 Å². The molecule has 0 aliphatic rings. The van der Waals surface area contributed by atoms with E-state index in [1.54, 1.807) is 0 Å². The first-order chi connectivity index (χ1) is 2.00. The molecule has 0 aliphatic heterocycles. The molecule has 0 rings (SSSR count). The average molecular weight is 195 g/mol. The van der Waals surface area contributed by atoms with Crippen molar-refractivity contribution >= 4 is 7.82 Å². The predicted molar refractivity (Wildman–Crippen MR) is 14.8 cm³/mol. The molecule has 4 N–H and O–H groups in total. The molecule has 8 heavy (non-hydrogen) atoms. The maximum Gasteiger partial charge on any atom is 3.00 e. The minimum absolute atomic E-state index is 0. The predicted octanol–water partition coefficient (Wildman–Crippen LogP) is -4.48. The topological polar surface area (TPSA) is 149 Å². The van der Waals surface area contributed by atoms with Gasteiger partial charge < -0.3 is 30.2 Å². The molecule has 0 aromatic rings. The van der Waals surface area contributed by atoms with E-state index in [-0.39, 0.29) is 28.0 Å². The summed E-state index contributed by atoms with van der Waals surface area (Å²) >= 11 is 0. The van der Waals surface area contributed by atoms with Crippen molar-refractivity contribution in [3.63, 3.8) is 0 Å². The molecule has 0 aliphatic carbocycles. The molecular weight excluding hydrogens is 191 g/mol. The maximum atomic E-state index is 8.55. The van der Waals surface area contributed by atoms with Crippen LogP contribution in [0.4, 0.5) is 0 Å². The normalized spacial score (nSPS) is 7.38. The summed E-state index contributed by atoms with van der Waals surface area (Å²) in [5.41, 5.74) is 0. The molecule has 0 atom stereocenters. The third-order valence-electron chi connectivity index (χ3n) is 0. The van der Waals surface area contributed by atoms with E-state index in [9.17, 15) is 0 Å². The van der Waals surface area contributed by atoms with Gasteiger partial charge in [0.15, 0.2) is 0 Å². The molecular formula is H4CuO6P. The maximum absolute atomic E-state index is 8.55. The Hall–Kier alpha value is 0.549. The first kappa shape index (κ1) is 23.5. The van der Waals surface area contributed by atoms with Crippen molar-refractivity contribution in [2.24, 2.45) is 0 Å². The Labute approximate surface area is 55.9 Å². The molecule has 0 radical (unpaired) electrons. The van der Waals surface area contributed by atoms with E-state index in [2.05, 4.69) is 0 Å². The van der Waals surface area contributed by atoms with Gasteiger partial charge in [0.1, 0.15) is 0 Å². The molecule has 0 saturated heterocycles. The zero-order valence-corrected chi connectivity index (χ0v) is 5.22. The summed E-state index contributed by atoms with van der Waals surface area (Å²) in [6, 6.07) is 0. The number of hydrogen-bond acceptors (Lipinski definition) is 4. The van der Waals surface area contributed by atoms with Crippen molar-refractivity contribution in [2.45, 2.75) is 0 Å². The summed E-state index contributed by atoms with van der Waals surface area (Å²) in [5.74, 6) is 0. The van der Waals surface area contributed by atoms with E-state index >= 15 is 0 Å². The largest absolute Gasteiger partial charge is 3.00 e. The van der Waals surface area contributed by atoms with Gasteiger partial charge in [0, 0.05) is 0 Å². The Morgan fingerprint density at radius 3 is 1.00 bits per heavy atom. The molecule has 0 fully saturated rings. The van der Waals surface area contributed by atoms with Gasteiger partial charge in [-0.2, -0.15) is 7.82 Å². The van der Waals surface area contributed by atoms with Crippen molar-refractivity contribution < 1.29 is 47.3 Å². The van der Waals surface area contributed by atoms with Crippen LogP contribution in [0.1, 0.15) is 0 Å². The zero-order chi connectivity index (χ0) is 4.50. The Balaban J connectivity index is -0.0000000267. The number of phosphoric acid groups is 1. The summed E-state index contributed by atoms with van der Waals surface area (Å²) < 4.78 is 8.55. The van der Waals surface area contributed by atoms with Gasteiger partial charge in [-0.15, -0.1) is 0 Å². The first-order valence-electron chi connectivity index (χ1n) is 0.730. The summed E-state index contributed by atoms with van der Waals surface area (Å²) in [4.78, 5) is 25.6. The molecule has 0 amide bonds. The SMILES string of the molecule is O.O.O=P([O-])([O-])[O-].[Cu+3]. The van der Waals surface area contributed by atoms with Gasteiger partial charge in [-0.3, -0.25) is 0 Å². The van der Waals surface area contributed by atoms with E-state index in [0.717, 1.165) is 0 Å². The van der Waals surface area contributed by atoms with E-state index in [4.69, 9.17) is 19.2 Å². The van der Waals surface area contributed by atoms with Gasteiger partial charge in [-0.1, -0.05) is 0 Å².